The molecule has 1 aromatic heterocycles. The molecule has 0 aliphatic carbocycles. The zero-order chi connectivity index (χ0) is 14.3. The highest BCUT2D eigenvalue weighted by Gasteiger charge is 2.29. The molecule has 0 fully saturated rings. The summed E-state index contributed by atoms with van der Waals surface area (Å²) in [6.45, 7) is 0. The maximum atomic E-state index is 11.2. The fourth-order valence-electron chi connectivity index (χ4n) is 2.16. The Bertz CT molecular complexity index is 736. The van der Waals surface area contributed by atoms with Gasteiger partial charge in [-0.15, -0.1) is 0 Å². The number of fused-ring (bicyclic) bond motifs is 1. The number of carbonyl (C=O) groups is 1. The molecule has 0 radical (unpaired) electrons. The molecule has 2 aromatic rings. The van der Waals surface area contributed by atoms with E-state index in [1.54, 1.807) is 10.8 Å². The maximum absolute atomic E-state index is 11.2. The van der Waals surface area contributed by atoms with E-state index in [2.05, 4.69) is 20.9 Å². The second-order valence-corrected chi connectivity index (χ2v) is 5.28. The van der Waals surface area contributed by atoms with Gasteiger partial charge in [0.05, 0.1) is 0 Å². The first kappa shape index (κ1) is 12.9. The summed E-state index contributed by atoms with van der Waals surface area (Å²) >= 11 is 3.29. The molecule has 20 heavy (non-hydrogen) atoms. The molecule has 1 N–H and O–H groups in total. The molecule has 0 spiro atoms. The highest BCUT2D eigenvalue weighted by atomic mass is 79.9. The minimum atomic E-state index is -1.04. The smallest absolute Gasteiger partial charge is 0.339 e. The van der Waals surface area contributed by atoms with E-state index in [1.165, 1.54) is 18.5 Å². The summed E-state index contributed by atoms with van der Waals surface area (Å²) < 4.78 is 8.03. The van der Waals surface area contributed by atoms with E-state index in [0.717, 1.165) is 5.56 Å². The van der Waals surface area contributed by atoms with Crippen LogP contribution in [0.25, 0.3) is 0 Å². The molecule has 102 valence electrons. The van der Waals surface area contributed by atoms with Crippen molar-refractivity contribution >= 4 is 21.9 Å². The summed E-state index contributed by atoms with van der Waals surface area (Å²) in [6, 6.07) is 4.67. The van der Waals surface area contributed by atoms with E-state index in [0.29, 0.717) is 16.6 Å². The molecule has 1 aliphatic heterocycles. The van der Waals surface area contributed by atoms with Crippen LogP contribution >= 0.6 is 15.9 Å². The SMILES string of the molecule is O=C(O)c1cc(Br)cc2c1OC(n1ccc(=O)nc1)C2. The Labute approximate surface area is 121 Å². The Morgan fingerprint density at radius 3 is 2.95 bits per heavy atom. The van der Waals surface area contributed by atoms with Gasteiger partial charge in [-0.25, -0.2) is 4.79 Å². The Morgan fingerprint density at radius 2 is 2.30 bits per heavy atom. The number of aromatic carboxylic acids is 1. The highest BCUT2D eigenvalue weighted by Crippen LogP contribution is 2.38. The molecule has 3 rings (SSSR count). The summed E-state index contributed by atoms with van der Waals surface area (Å²) in [5, 5.41) is 9.21. The third kappa shape index (κ3) is 2.20. The fourth-order valence-corrected chi connectivity index (χ4v) is 2.66. The van der Waals surface area contributed by atoms with Gasteiger partial charge in [0.25, 0.3) is 5.56 Å². The minimum absolute atomic E-state index is 0.117. The molecular weight excluding hydrogens is 328 g/mol. The Kier molecular flexibility index (Phi) is 3.06. The van der Waals surface area contributed by atoms with E-state index >= 15 is 0 Å². The van der Waals surface area contributed by atoms with E-state index in [-0.39, 0.29) is 11.1 Å². The summed E-state index contributed by atoms with van der Waals surface area (Å²) in [5.41, 5.74) is 0.595. The average molecular weight is 337 g/mol. The molecule has 1 aromatic carbocycles. The van der Waals surface area contributed by atoms with Crippen LogP contribution in [0.5, 0.6) is 5.75 Å². The third-order valence-electron chi connectivity index (χ3n) is 3.05. The number of benzene rings is 1. The molecule has 0 saturated heterocycles. The van der Waals surface area contributed by atoms with Crippen LogP contribution < -0.4 is 10.3 Å². The van der Waals surface area contributed by atoms with E-state index in [4.69, 9.17) is 4.74 Å². The van der Waals surface area contributed by atoms with Gasteiger partial charge in [-0.2, -0.15) is 4.98 Å². The number of carboxylic acid groups (broad SMARTS) is 1. The van der Waals surface area contributed by atoms with Gasteiger partial charge in [-0.05, 0) is 12.1 Å². The van der Waals surface area contributed by atoms with Crippen LogP contribution in [-0.4, -0.2) is 20.6 Å². The number of carboxylic acids is 1. The summed E-state index contributed by atoms with van der Waals surface area (Å²) in [4.78, 5) is 25.9. The lowest BCUT2D eigenvalue weighted by molar-refractivity contribution is 0.0687. The fraction of sp³-hybridized carbons (Fsp3) is 0.154. The van der Waals surface area contributed by atoms with Crippen molar-refractivity contribution in [2.75, 3.05) is 0 Å². The first-order valence-electron chi connectivity index (χ1n) is 5.81. The van der Waals surface area contributed by atoms with Crippen LogP contribution in [0.1, 0.15) is 22.1 Å². The second-order valence-electron chi connectivity index (χ2n) is 4.37. The Hall–Kier alpha value is -2.15. The molecule has 7 heteroatoms. The zero-order valence-corrected chi connectivity index (χ0v) is 11.7. The minimum Gasteiger partial charge on any atom is -0.478 e. The normalized spacial score (nSPS) is 16.6. The van der Waals surface area contributed by atoms with Crippen LogP contribution in [0, 0.1) is 0 Å². The average Bonchev–Trinajstić information content (AvgIpc) is 2.81. The predicted molar refractivity (Wildman–Crippen MR) is 73.0 cm³/mol. The molecule has 6 nitrogen and oxygen atoms in total. The van der Waals surface area contributed by atoms with Gasteiger partial charge in [-0.1, -0.05) is 15.9 Å². The standard InChI is InChI=1S/C13H9BrN2O4/c14-8-3-7-4-11(16-2-1-10(17)15-6-16)20-12(7)9(5-8)13(18)19/h1-3,5-6,11H,4H2,(H,18,19). The first-order valence-corrected chi connectivity index (χ1v) is 6.60. The quantitative estimate of drug-likeness (QED) is 0.904. The topological polar surface area (TPSA) is 81.4 Å². The lowest BCUT2D eigenvalue weighted by atomic mass is 10.1. The van der Waals surface area contributed by atoms with Crippen molar-refractivity contribution in [3.63, 3.8) is 0 Å². The van der Waals surface area contributed by atoms with Gasteiger partial charge in [-0.3, -0.25) is 4.79 Å². The van der Waals surface area contributed by atoms with Crippen LogP contribution in [0.3, 0.4) is 0 Å². The van der Waals surface area contributed by atoms with E-state index in [1.807, 2.05) is 6.07 Å². The summed E-state index contributed by atoms with van der Waals surface area (Å²) in [6.07, 6.45) is 3.07. The molecule has 1 aliphatic rings. The zero-order valence-electron chi connectivity index (χ0n) is 10.1. The van der Waals surface area contributed by atoms with Gasteiger partial charge in [0.2, 0.25) is 0 Å². The monoisotopic (exact) mass is 336 g/mol. The molecule has 0 bridgehead atoms. The van der Waals surface area contributed by atoms with Crippen molar-refractivity contribution in [3.8, 4) is 5.75 Å². The molecule has 0 amide bonds. The van der Waals surface area contributed by atoms with Gasteiger partial charge < -0.3 is 14.4 Å². The van der Waals surface area contributed by atoms with Crippen LogP contribution in [0.2, 0.25) is 0 Å². The molecule has 1 unspecified atom stereocenters. The van der Waals surface area contributed by atoms with Crippen molar-refractivity contribution in [3.05, 3.63) is 56.7 Å². The van der Waals surface area contributed by atoms with E-state index in [9.17, 15) is 14.7 Å². The number of hydrogen-bond acceptors (Lipinski definition) is 4. The van der Waals surface area contributed by atoms with Gasteiger partial charge in [0.15, 0.2) is 6.23 Å². The van der Waals surface area contributed by atoms with Crippen LogP contribution in [0.4, 0.5) is 0 Å². The van der Waals surface area contributed by atoms with Crippen molar-refractivity contribution in [1.82, 2.24) is 9.55 Å². The number of ether oxygens (including phenoxy) is 1. The second kappa shape index (κ2) is 4.75. The largest absolute Gasteiger partial charge is 0.478 e. The summed E-state index contributed by atoms with van der Waals surface area (Å²) in [7, 11) is 0. The van der Waals surface area contributed by atoms with Gasteiger partial charge in [0, 0.05) is 28.7 Å². The number of aromatic nitrogens is 2. The highest BCUT2D eigenvalue weighted by molar-refractivity contribution is 9.10. The first-order chi connectivity index (χ1) is 9.54. The number of halogens is 1. The van der Waals surface area contributed by atoms with Crippen molar-refractivity contribution < 1.29 is 14.6 Å². The predicted octanol–water partition coefficient (Wildman–Crippen LogP) is 1.84. The van der Waals surface area contributed by atoms with Crippen LogP contribution in [0.15, 0.2) is 40.0 Å². The van der Waals surface area contributed by atoms with Crippen molar-refractivity contribution in [2.24, 2.45) is 0 Å². The lowest BCUT2D eigenvalue weighted by Crippen LogP contribution is -2.17. The van der Waals surface area contributed by atoms with Gasteiger partial charge >= 0.3 is 5.97 Å². The maximum Gasteiger partial charge on any atom is 0.339 e. The third-order valence-corrected chi connectivity index (χ3v) is 3.51. The molecule has 2 heterocycles. The molecule has 0 saturated carbocycles. The van der Waals surface area contributed by atoms with Crippen molar-refractivity contribution in [2.45, 2.75) is 12.6 Å². The van der Waals surface area contributed by atoms with E-state index < -0.39 is 12.2 Å². The summed E-state index contributed by atoms with van der Waals surface area (Å²) in [5.74, 6) is -0.675. The number of nitrogens with zero attached hydrogens (tertiary/aromatic N) is 2. The van der Waals surface area contributed by atoms with Gasteiger partial charge in [0.1, 0.15) is 17.6 Å². The number of rotatable bonds is 2. The molecule has 1 atom stereocenters. The van der Waals surface area contributed by atoms with Crippen molar-refractivity contribution in [1.29, 1.82) is 0 Å². The number of hydrogen-bond donors (Lipinski definition) is 1. The Morgan fingerprint density at radius 1 is 1.50 bits per heavy atom. The molecular formula is C13H9BrN2O4. The van der Waals surface area contributed by atoms with Crippen LogP contribution in [-0.2, 0) is 6.42 Å². The Balaban J connectivity index is 1.99. The lowest BCUT2D eigenvalue weighted by Gasteiger charge is -2.14.